The summed E-state index contributed by atoms with van der Waals surface area (Å²) in [5, 5.41) is 6.35. The number of carbonyl (C=O) groups is 1. The monoisotopic (exact) mass is 263 g/mol. The number of hydrogen-bond donors (Lipinski definition) is 2. The number of nitrogens with zero attached hydrogens (tertiary/aromatic N) is 3. The van der Waals surface area contributed by atoms with Crippen molar-refractivity contribution in [3.05, 3.63) is 45.8 Å². The topological polar surface area (TPSA) is 113 Å². The number of hydrogen-bond acceptors (Lipinski definition) is 4. The molecule has 0 aromatic heterocycles. The minimum absolute atomic E-state index is 0.262. The number of nitrogens with two attached hydrogens (primary N) is 1. The van der Waals surface area contributed by atoms with E-state index in [9.17, 15) is 4.79 Å². The van der Waals surface area contributed by atoms with Crippen LogP contribution in [-0.4, -0.2) is 26.1 Å². The summed E-state index contributed by atoms with van der Waals surface area (Å²) in [6.45, 7) is 1.11. The Balaban J connectivity index is 2.77. The molecule has 1 amide bonds. The maximum atomic E-state index is 11.5. The molecule has 1 unspecified atom stereocenters. The minimum Gasteiger partial charge on any atom is -0.380 e. The van der Waals surface area contributed by atoms with E-state index in [1.165, 1.54) is 0 Å². The van der Waals surface area contributed by atoms with Crippen molar-refractivity contribution in [2.45, 2.75) is 12.6 Å². The fraction of sp³-hybridized carbons (Fsp3) is 0.417. The average molecular weight is 263 g/mol. The van der Waals surface area contributed by atoms with Crippen molar-refractivity contribution in [1.29, 1.82) is 0 Å². The van der Waals surface area contributed by atoms with E-state index in [1.54, 1.807) is 7.11 Å². The van der Waals surface area contributed by atoms with Crippen LogP contribution in [0.4, 0.5) is 0 Å². The third-order valence-corrected chi connectivity index (χ3v) is 2.50. The van der Waals surface area contributed by atoms with Crippen LogP contribution in [0, 0.1) is 0 Å². The molecule has 0 aliphatic heterocycles. The first kappa shape index (κ1) is 15.0. The molecule has 0 saturated carbocycles. The summed E-state index contributed by atoms with van der Waals surface area (Å²) >= 11 is 0. The molecule has 0 aliphatic carbocycles. The van der Waals surface area contributed by atoms with Crippen LogP contribution in [0.2, 0.25) is 0 Å². The Hall–Kier alpha value is -2.08. The Kier molecular flexibility index (Phi) is 6.38. The number of methoxy groups -OCH3 is 1. The van der Waals surface area contributed by atoms with Gasteiger partial charge in [0, 0.05) is 25.1 Å². The molecule has 0 fully saturated rings. The number of benzene rings is 1. The number of ether oxygens (including phenoxy) is 1. The van der Waals surface area contributed by atoms with Gasteiger partial charge in [0.2, 0.25) is 5.91 Å². The van der Waals surface area contributed by atoms with Crippen molar-refractivity contribution >= 4 is 5.91 Å². The first-order valence-corrected chi connectivity index (χ1v) is 5.80. The fourth-order valence-electron chi connectivity index (χ4n) is 1.72. The maximum Gasteiger partial charge on any atom is 0.239 e. The number of carbonyl (C=O) groups excluding carboxylic acids is 1. The fourth-order valence-corrected chi connectivity index (χ4v) is 1.72. The van der Waals surface area contributed by atoms with Crippen LogP contribution in [0.5, 0.6) is 0 Å². The van der Waals surface area contributed by atoms with Crippen molar-refractivity contribution in [2.24, 2.45) is 10.8 Å². The predicted octanol–water partition coefficient (Wildman–Crippen LogP) is 1.26. The summed E-state index contributed by atoms with van der Waals surface area (Å²) in [5.74, 6) is -0.476. The molecule has 102 valence electrons. The molecule has 0 heterocycles. The van der Waals surface area contributed by atoms with Gasteiger partial charge in [0.05, 0.1) is 6.61 Å². The van der Waals surface area contributed by atoms with E-state index in [0.717, 1.165) is 11.1 Å². The number of amides is 1. The van der Waals surface area contributed by atoms with Gasteiger partial charge in [-0.3, -0.25) is 4.79 Å². The van der Waals surface area contributed by atoms with Crippen molar-refractivity contribution in [3.63, 3.8) is 0 Å². The summed E-state index contributed by atoms with van der Waals surface area (Å²) in [7, 11) is 1.61. The quantitative estimate of drug-likeness (QED) is 0.318. The van der Waals surface area contributed by atoms with E-state index in [1.807, 2.05) is 24.3 Å². The minimum atomic E-state index is -0.606. The van der Waals surface area contributed by atoms with Crippen molar-refractivity contribution < 1.29 is 9.53 Å². The number of rotatable bonds is 8. The van der Waals surface area contributed by atoms with Gasteiger partial charge in [-0.2, -0.15) is 0 Å². The standard InChI is InChI=1S/C12H17N5O2/c1-19-8-9-3-2-4-10(7-9)11(12(13)18)15-5-6-16-17-14/h2-4,7,11,15H,5-6,8H2,1H3,(H2,13,18). The summed E-state index contributed by atoms with van der Waals surface area (Å²) in [6, 6.07) is 6.82. The lowest BCUT2D eigenvalue weighted by Crippen LogP contribution is -2.35. The Morgan fingerprint density at radius 1 is 1.63 bits per heavy atom. The zero-order valence-corrected chi connectivity index (χ0v) is 10.7. The third kappa shape index (κ3) is 4.97. The normalized spacial score (nSPS) is 11.6. The molecular weight excluding hydrogens is 246 g/mol. The molecule has 1 aromatic carbocycles. The van der Waals surface area contributed by atoms with Crippen LogP contribution in [0.15, 0.2) is 29.4 Å². The predicted molar refractivity (Wildman–Crippen MR) is 71.1 cm³/mol. The van der Waals surface area contributed by atoms with Crippen LogP contribution in [-0.2, 0) is 16.1 Å². The molecule has 0 bridgehead atoms. The average Bonchev–Trinajstić information content (AvgIpc) is 2.39. The van der Waals surface area contributed by atoms with E-state index in [2.05, 4.69) is 15.3 Å². The van der Waals surface area contributed by atoms with Crippen LogP contribution in [0.25, 0.3) is 10.4 Å². The second-order valence-electron chi connectivity index (χ2n) is 3.92. The van der Waals surface area contributed by atoms with Gasteiger partial charge in [-0.15, -0.1) is 0 Å². The SMILES string of the molecule is COCc1cccc(C(NCCN=[N+]=[N-])C(N)=O)c1. The van der Waals surface area contributed by atoms with Crippen molar-refractivity contribution in [2.75, 3.05) is 20.2 Å². The van der Waals surface area contributed by atoms with Crippen LogP contribution in [0.1, 0.15) is 17.2 Å². The molecular formula is C12H17N5O2. The lowest BCUT2D eigenvalue weighted by molar-refractivity contribution is -0.120. The molecule has 7 heteroatoms. The van der Waals surface area contributed by atoms with Crippen molar-refractivity contribution in [3.8, 4) is 0 Å². The number of primary amides is 1. The summed E-state index contributed by atoms with van der Waals surface area (Å²) < 4.78 is 5.04. The highest BCUT2D eigenvalue weighted by Gasteiger charge is 2.16. The Morgan fingerprint density at radius 3 is 3.05 bits per heavy atom. The van der Waals surface area contributed by atoms with Gasteiger partial charge in [-0.25, -0.2) is 0 Å². The molecule has 7 nitrogen and oxygen atoms in total. The van der Waals surface area contributed by atoms with Gasteiger partial charge in [-0.05, 0) is 16.7 Å². The van der Waals surface area contributed by atoms with Crippen molar-refractivity contribution in [1.82, 2.24) is 5.32 Å². The van der Waals surface area contributed by atoms with Gasteiger partial charge in [0.25, 0.3) is 0 Å². The molecule has 0 spiro atoms. The largest absolute Gasteiger partial charge is 0.380 e. The molecule has 1 aromatic rings. The zero-order chi connectivity index (χ0) is 14.1. The molecule has 0 aliphatic rings. The van der Waals surface area contributed by atoms with Gasteiger partial charge in [0.15, 0.2) is 0 Å². The molecule has 19 heavy (non-hydrogen) atoms. The molecule has 1 atom stereocenters. The third-order valence-electron chi connectivity index (χ3n) is 2.50. The lowest BCUT2D eigenvalue weighted by atomic mass is 10.0. The molecule has 3 N–H and O–H groups in total. The van der Waals surface area contributed by atoms with Gasteiger partial charge >= 0.3 is 0 Å². The first-order valence-electron chi connectivity index (χ1n) is 5.80. The van der Waals surface area contributed by atoms with Crippen LogP contribution < -0.4 is 11.1 Å². The van der Waals surface area contributed by atoms with Crippen LogP contribution >= 0.6 is 0 Å². The summed E-state index contributed by atoms with van der Waals surface area (Å²) in [6.07, 6.45) is 0. The van der Waals surface area contributed by atoms with Gasteiger partial charge < -0.3 is 15.8 Å². The Bertz CT molecular complexity index is 471. The van der Waals surface area contributed by atoms with E-state index in [0.29, 0.717) is 13.2 Å². The maximum absolute atomic E-state index is 11.5. The summed E-state index contributed by atoms with van der Waals surface area (Å²) in [4.78, 5) is 14.1. The van der Waals surface area contributed by atoms with Gasteiger partial charge in [-0.1, -0.05) is 29.4 Å². The van der Waals surface area contributed by atoms with E-state index < -0.39 is 11.9 Å². The lowest BCUT2D eigenvalue weighted by Gasteiger charge is -2.16. The second-order valence-corrected chi connectivity index (χ2v) is 3.92. The highest BCUT2D eigenvalue weighted by atomic mass is 16.5. The van der Waals surface area contributed by atoms with E-state index in [4.69, 9.17) is 16.0 Å². The second kappa shape index (κ2) is 8.10. The number of nitrogens with one attached hydrogen (secondary N) is 1. The summed E-state index contributed by atoms with van der Waals surface area (Å²) in [5.41, 5.74) is 15.3. The van der Waals surface area contributed by atoms with Crippen LogP contribution in [0.3, 0.4) is 0 Å². The molecule has 0 saturated heterocycles. The highest BCUT2D eigenvalue weighted by Crippen LogP contribution is 2.15. The number of azide groups is 1. The van der Waals surface area contributed by atoms with E-state index in [-0.39, 0.29) is 6.54 Å². The molecule has 0 radical (unpaired) electrons. The zero-order valence-electron chi connectivity index (χ0n) is 10.7. The Labute approximate surface area is 111 Å². The van der Waals surface area contributed by atoms with Gasteiger partial charge in [0.1, 0.15) is 6.04 Å². The molecule has 1 rings (SSSR count). The Morgan fingerprint density at radius 2 is 2.42 bits per heavy atom. The highest BCUT2D eigenvalue weighted by molar-refractivity contribution is 5.81. The first-order chi connectivity index (χ1) is 9.19. The smallest absolute Gasteiger partial charge is 0.239 e. The van der Waals surface area contributed by atoms with E-state index >= 15 is 0 Å².